The fourth-order valence-electron chi connectivity index (χ4n) is 3.52. The Bertz CT molecular complexity index is 713. The molecule has 4 nitrogen and oxygen atoms in total. The Balaban J connectivity index is 1.77. The first kappa shape index (κ1) is 12.6. The maximum atomic E-state index is 12.3. The van der Waals surface area contributed by atoms with E-state index in [0.29, 0.717) is 36.2 Å². The monoisotopic (exact) mass is 284 g/mol. The lowest BCUT2D eigenvalue weighted by atomic mass is 9.76. The fraction of sp³-hybridized carbons (Fsp3) is 0.412. The Kier molecular flexibility index (Phi) is 2.26. The van der Waals surface area contributed by atoms with Crippen LogP contribution < -0.4 is 0 Å². The van der Waals surface area contributed by atoms with Crippen molar-refractivity contribution in [1.82, 2.24) is 0 Å². The van der Waals surface area contributed by atoms with Crippen LogP contribution in [0.15, 0.2) is 35.6 Å². The Morgan fingerprint density at radius 2 is 1.76 bits per heavy atom. The molecule has 2 aliphatic heterocycles. The molecule has 1 atom stereocenters. The van der Waals surface area contributed by atoms with E-state index in [4.69, 9.17) is 9.47 Å². The van der Waals surface area contributed by atoms with Gasteiger partial charge in [0.1, 0.15) is 5.76 Å². The fourth-order valence-corrected chi connectivity index (χ4v) is 3.52. The van der Waals surface area contributed by atoms with Crippen LogP contribution in [0.3, 0.4) is 0 Å². The topological polar surface area (TPSA) is 52.6 Å². The number of hydrogen-bond donors (Lipinski definition) is 0. The lowest BCUT2D eigenvalue weighted by Gasteiger charge is -2.29. The Morgan fingerprint density at radius 1 is 1.00 bits per heavy atom. The van der Waals surface area contributed by atoms with Crippen molar-refractivity contribution in [3.05, 3.63) is 46.7 Å². The third-order valence-corrected chi connectivity index (χ3v) is 4.46. The van der Waals surface area contributed by atoms with Crippen LogP contribution in [-0.2, 0) is 20.1 Å². The summed E-state index contributed by atoms with van der Waals surface area (Å²) in [5.74, 6) is -0.689. The van der Waals surface area contributed by atoms with Gasteiger partial charge in [-0.25, -0.2) is 4.79 Å². The molecule has 0 N–H and O–H groups in total. The number of carbonyl (C=O) groups excluding carboxylic acids is 2. The van der Waals surface area contributed by atoms with E-state index < -0.39 is 5.79 Å². The van der Waals surface area contributed by atoms with Crippen LogP contribution in [0.4, 0.5) is 0 Å². The van der Waals surface area contributed by atoms with E-state index in [1.165, 1.54) is 0 Å². The van der Waals surface area contributed by atoms with Gasteiger partial charge in [0.15, 0.2) is 5.78 Å². The summed E-state index contributed by atoms with van der Waals surface area (Å²) in [6.45, 7) is 4.11. The van der Waals surface area contributed by atoms with Crippen LogP contribution in [-0.4, -0.2) is 11.8 Å². The summed E-state index contributed by atoms with van der Waals surface area (Å²) in [5, 5.41) is 0. The highest BCUT2D eigenvalue weighted by Crippen LogP contribution is 2.53. The predicted octanol–water partition coefficient (Wildman–Crippen LogP) is 3.07. The number of fused-ring (bicyclic) bond motifs is 2. The quantitative estimate of drug-likeness (QED) is 0.687. The Morgan fingerprint density at radius 3 is 2.57 bits per heavy atom. The number of ether oxygens (including phenoxy) is 2. The smallest absolute Gasteiger partial charge is 0.342 e. The van der Waals surface area contributed by atoms with Crippen molar-refractivity contribution >= 4 is 11.8 Å². The largest absolute Gasteiger partial charge is 0.452 e. The summed E-state index contributed by atoms with van der Waals surface area (Å²) in [6.07, 6.45) is 1.55. The lowest BCUT2D eigenvalue weighted by molar-refractivity contribution is -0.165. The van der Waals surface area contributed by atoms with E-state index in [1.807, 2.05) is 12.1 Å². The molecule has 0 aromatic heterocycles. The molecule has 1 aliphatic carbocycles. The normalized spacial score (nSPS) is 29.2. The molecule has 1 aromatic carbocycles. The van der Waals surface area contributed by atoms with Gasteiger partial charge in [-0.2, -0.15) is 0 Å². The zero-order valence-corrected chi connectivity index (χ0v) is 12.1. The molecule has 0 saturated heterocycles. The third-order valence-electron chi connectivity index (χ3n) is 4.46. The van der Waals surface area contributed by atoms with Crippen molar-refractivity contribution in [2.75, 3.05) is 0 Å². The highest BCUT2D eigenvalue weighted by Gasteiger charge is 2.55. The van der Waals surface area contributed by atoms with Crippen LogP contribution in [0.25, 0.3) is 0 Å². The van der Waals surface area contributed by atoms with Gasteiger partial charge in [0.05, 0.1) is 17.5 Å². The van der Waals surface area contributed by atoms with Crippen molar-refractivity contribution in [1.29, 1.82) is 0 Å². The Labute approximate surface area is 122 Å². The van der Waals surface area contributed by atoms with E-state index in [-0.39, 0.29) is 17.2 Å². The first-order valence-corrected chi connectivity index (χ1v) is 7.17. The molecule has 0 amide bonds. The number of allylic oxidation sites excluding steroid dienone is 1. The van der Waals surface area contributed by atoms with Crippen molar-refractivity contribution in [3.63, 3.8) is 0 Å². The maximum absolute atomic E-state index is 12.3. The molecule has 1 unspecified atom stereocenters. The highest BCUT2D eigenvalue weighted by atomic mass is 16.7. The van der Waals surface area contributed by atoms with Gasteiger partial charge in [-0.05, 0) is 11.5 Å². The van der Waals surface area contributed by atoms with E-state index in [9.17, 15) is 9.59 Å². The van der Waals surface area contributed by atoms with Crippen LogP contribution in [0.5, 0.6) is 0 Å². The molecule has 3 aliphatic rings. The van der Waals surface area contributed by atoms with Crippen LogP contribution in [0.2, 0.25) is 0 Å². The second kappa shape index (κ2) is 3.75. The van der Waals surface area contributed by atoms with Gasteiger partial charge in [0.25, 0.3) is 5.79 Å². The van der Waals surface area contributed by atoms with E-state index >= 15 is 0 Å². The van der Waals surface area contributed by atoms with Crippen LogP contribution in [0.1, 0.15) is 49.0 Å². The van der Waals surface area contributed by atoms with Crippen LogP contribution >= 0.6 is 0 Å². The minimum Gasteiger partial charge on any atom is -0.452 e. The molecule has 0 radical (unpaired) electrons. The average molecular weight is 284 g/mol. The first-order chi connectivity index (χ1) is 9.90. The molecule has 1 aromatic rings. The Hall–Kier alpha value is -2.10. The van der Waals surface area contributed by atoms with Gasteiger partial charge in [-0.15, -0.1) is 0 Å². The molecule has 4 heteroatoms. The van der Waals surface area contributed by atoms with Gasteiger partial charge in [0, 0.05) is 18.4 Å². The molecular formula is C17H16O4. The molecule has 108 valence electrons. The van der Waals surface area contributed by atoms with Crippen molar-refractivity contribution in [3.8, 4) is 0 Å². The lowest BCUT2D eigenvalue weighted by Crippen LogP contribution is -2.25. The average Bonchev–Trinajstić information content (AvgIpc) is 2.89. The summed E-state index contributed by atoms with van der Waals surface area (Å²) in [7, 11) is 0. The molecule has 2 heterocycles. The molecule has 21 heavy (non-hydrogen) atoms. The van der Waals surface area contributed by atoms with Gasteiger partial charge < -0.3 is 9.47 Å². The van der Waals surface area contributed by atoms with Crippen molar-refractivity contribution < 1.29 is 19.1 Å². The molecule has 0 bridgehead atoms. The van der Waals surface area contributed by atoms with Crippen molar-refractivity contribution in [2.45, 2.75) is 38.9 Å². The number of ketones is 1. The first-order valence-electron chi connectivity index (χ1n) is 7.17. The zero-order chi connectivity index (χ0) is 14.8. The number of Topliss-reactive ketones (excluding diaryl/α,β-unsaturated/α-hetero) is 1. The molecule has 0 saturated carbocycles. The van der Waals surface area contributed by atoms with Gasteiger partial charge >= 0.3 is 5.97 Å². The molecule has 0 fully saturated rings. The number of rotatable bonds is 0. The highest BCUT2D eigenvalue weighted by molar-refractivity contribution is 5.99. The standard InChI is InChI=1S/C17H16O4/c1-16(2)8-13(18)11-7-17(20-14(11)9-16)12-6-4-3-5-10(12)15(19)21-17/h3-6H,7-9H2,1-2H3. The zero-order valence-electron chi connectivity index (χ0n) is 12.1. The number of hydrogen-bond acceptors (Lipinski definition) is 4. The number of benzene rings is 1. The predicted molar refractivity (Wildman–Crippen MR) is 74.3 cm³/mol. The summed E-state index contributed by atoms with van der Waals surface area (Å²) in [6, 6.07) is 7.23. The van der Waals surface area contributed by atoms with Crippen LogP contribution in [0, 0.1) is 5.41 Å². The van der Waals surface area contributed by atoms with Crippen molar-refractivity contribution in [2.24, 2.45) is 5.41 Å². The third kappa shape index (κ3) is 1.68. The molecule has 1 spiro atoms. The molecule has 4 rings (SSSR count). The second-order valence-corrected chi connectivity index (χ2v) is 6.81. The SMILES string of the molecule is CC1(C)CC(=O)C2=C(C1)OC1(C2)OC(=O)c2ccccc21. The van der Waals surface area contributed by atoms with E-state index in [1.54, 1.807) is 12.1 Å². The summed E-state index contributed by atoms with van der Waals surface area (Å²) >= 11 is 0. The summed E-state index contributed by atoms with van der Waals surface area (Å²) in [5.41, 5.74) is 1.85. The van der Waals surface area contributed by atoms with Gasteiger partial charge in [0.2, 0.25) is 0 Å². The van der Waals surface area contributed by atoms with E-state index in [2.05, 4.69) is 13.8 Å². The van der Waals surface area contributed by atoms with Gasteiger partial charge in [-0.1, -0.05) is 32.0 Å². The second-order valence-electron chi connectivity index (χ2n) is 6.81. The number of esters is 1. The van der Waals surface area contributed by atoms with Gasteiger partial charge in [-0.3, -0.25) is 4.79 Å². The van der Waals surface area contributed by atoms with E-state index in [0.717, 1.165) is 5.56 Å². The summed E-state index contributed by atoms with van der Waals surface area (Å²) in [4.78, 5) is 24.4. The molecular weight excluding hydrogens is 268 g/mol. The summed E-state index contributed by atoms with van der Waals surface area (Å²) < 4.78 is 11.6. The minimum atomic E-state index is -1.12. The number of carbonyl (C=O) groups is 2. The minimum absolute atomic E-state index is 0.108. The maximum Gasteiger partial charge on any atom is 0.342 e.